The highest BCUT2D eigenvalue weighted by Crippen LogP contribution is 2.29. The Bertz CT molecular complexity index is 2040. The molecule has 13 nitrogen and oxygen atoms in total. The summed E-state index contributed by atoms with van der Waals surface area (Å²) < 4.78 is 43.4. The van der Waals surface area contributed by atoms with Crippen molar-refractivity contribution < 1.29 is 61.9 Å². The molecule has 0 aliphatic heterocycles. The Kier molecular flexibility index (Phi) is 20.1. The monoisotopic (exact) mass is 836 g/mol. The molecule has 0 unspecified atom stereocenters. The number of benzene rings is 4. The predicted molar refractivity (Wildman–Crippen MR) is 226 cm³/mol. The first-order valence-corrected chi connectivity index (χ1v) is 20.1. The maximum atomic E-state index is 12.9. The summed E-state index contributed by atoms with van der Waals surface area (Å²) in [6.45, 7) is 8.61. The van der Waals surface area contributed by atoms with Gasteiger partial charge in [-0.1, -0.05) is 25.3 Å². The summed E-state index contributed by atoms with van der Waals surface area (Å²) >= 11 is 0. The fourth-order valence-electron chi connectivity index (χ4n) is 5.61. The molecule has 13 heteroatoms. The van der Waals surface area contributed by atoms with Crippen molar-refractivity contribution in [2.45, 2.75) is 57.8 Å². The second-order valence-corrected chi connectivity index (χ2v) is 13.5. The number of ether oxygens (including phenoxy) is 8. The molecule has 0 fully saturated rings. The molecule has 322 valence electrons. The fraction of sp³-hybridized carbons (Fsp3) is 0.312. The molecule has 61 heavy (non-hydrogen) atoms. The molecule has 0 aromatic heterocycles. The Morgan fingerprint density at radius 3 is 1.41 bits per heavy atom. The van der Waals surface area contributed by atoms with Crippen molar-refractivity contribution in [2.24, 2.45) is 0 Å². The standard InChI is InChI=1S/C48H52O13/c1-4-44(49)57-31-12-8-6-10-29-55-39-23-16-36(17-24-39)47(52)60-41-21-14-35(15-22-41)28-33-59-46(51)38-20-27-42(43(34-38)54-3)61-48(53)37-18-25-40(26-19-37)56-30-11-7-9-13-32-58-45(50)5-2/h4-5,14-27,34H,1-2,6-13,28-33H2,3H3. The summed E-state index contributed by atoms with van der Waals surface area (Å²) in [6, 6.07) is 24.6. The van der Waals surface area contributed by atoms with E-state index in [0.29, 0.717) is 61.2 Å². The first-order chi connectivity index (χ1) is 29.7. The molecule has 0 aliphatic carbocycles. The Morgan fingerprint density at radius 2 is 0.918 bits per heavy atom. The van der Waals surface area contributed by atoms with Crippen LogP contribution in [-0.2, 0) is 30.2 Å². The van der Waals surface area contributed by atoms with E-state index in [1.54, 1.807) is 72.8 Å². The molecule has 0 bridgehead atoms. The van der Waals surface area contributed by atoms with Crippen LogP contribution in [0.5, 0.6) is 28.7 Å². The van der Waals surface area contributed by atoms with E-state index in [9.17, 15) is 24.0 Å². The van der Waals surface area contributed by atoms with E-state index in [1.165, 1.54) is 25.3 Å². The number of methoxy groups -OCH3 is 1. The van der Waals surface area contributed by atoms with Gasteiger partial charge in [0.15, 0.2) is 11.5 Å². The van der Waals surface area contributed by atoms with Crippen molar-refractivity contribution >= 4 is 29.8 Å². The number of carbonyl (C=O) groups excluding carboxylic acids is 5. The van der Waals surface area contributed by atoms with Gasteiger partial charge in [0, 0.05) is 18.6 Å². The van der Waals surface area contributed by atoms with E-state index in [-0.39, 0.29) is 23.7 Å². The lowest BCUT2D eigenvalue weighted by atomic mass is 10.1. The lowest BCUT2D eigenvalue weighted by Gasteiger charge is -2.12. The summed E-state index contributed by atoms with van der Waals surface area (Å²) in [5.41, 5.74) is 1.76. The zero-order chi connectivity index (χ0) is 43.7. The Balaban J connectivity index is 1.13. The van der Waals surface area contributed by atoms with Crippen LogP contribution in [0.15, 0.2) is 116 Å². The van der Waals surface area contributed by atoms with E-state index < -0.39 is 29.8 Å². The molecule has 4 aromatic carbocycles. The van der Waals surface area contributed by atoms with Gasteiger partial charge in [0.2, 0.25) is 0 Å². The zero-order valence-electron chi connectivity index (χ0n) is 34.4. The largest absolute Gasteiger partial charge is 0.494 e. The summed E-state index contributed by atoms with van der Waals surface area (Å²) in [7, 11) is 1.40. The van der Waals surface area contributed by atoms with Crippen LogP contribution in [0.3, 0.4) is 0 Å². The van der Waals surface area contributed by atoms with Crippen LogP contribution in [0, 0.1) is 0 Å². The summed E-state index contributed by atoms with van der Waals surface area (Å²) in [5, 5.41) is 0. The maximum absolute atomic E-state index is 12.9. The van der Waals surface area contributed by atoms with Crippen molar-refractivity contribution in [3.63, 3.8) is 0 Å². The number of hydrogen-bond acceptors (Lipinski definition) is 13. The third-order valence-corrected chi connectivity index (χ3v) is 8.98. The summed E-state index contributed by atoms with van der Waals surface area (Å²) in [4.78, 5) is 60.5. The Morgan fingerprint density at radius 1 is 0.459 bits per heavy atom. The van der Waals surface area contributed by atoms with Gasteiger partial charge in [0.25, 0.3) is 0 Å². The van der Waals surface area contributed by atoms with Crippen molar-refractivity contribution in [1.82, 2.24) is 0 Å². The highest BCUT2D eigenvalue weighted by atomic mass is 16.6. The number of unbranched alkanes of at least 4 members (excludes halogenated alkanes) is 6. The third kappa shape index (κ3) is 17.1. The second kappa shape index (κ2) is 26.3. The van der Waals surface area contributed by atoms with Gasteiger partial charge in [-0.15, -0.1) is 0 Å². The van der Waals surface area contributed by atoms with Crippen LogP contribution < -0.4 is 23.7 Å². The lowest BCUT2D eigenvalue weighted by Crippen LogP contribution is -2.11. The van der Waals surface area contributed by atoms with Gasteiger partial charge in [-0.25, -0.2) is 24.0 Å². The topological polar surface area (TPSA) is 159 Å². The van der Waals surface area contributed by atoms with Crippen LogP contribution in [0.4, 0.5) is 0 Å². The van der Waals surface area contributed by atoms with Crippen molar-refractivity contribution in [2.75, 3.05) is 40.1 Å². The normalized spacial score (nSPS) is 10.4. The first-order valence-electron chi connectivity index (χ1n) is 20.1. The van der Waals surface area contributed by atoms with Crippen LogP contribution in [-0.4, -0.2) is 70.0 Å². The predicted octanol–water partition coefficient (Wildman–Crippen LogP) is 8.87. The lowest BCUT2D eigenvalue weighted by molar-refractivity contribution is -0.138. The van der Waals surface area contributed by atoms with Gasteiger partial charge in [0.05, 0.1) is 56.8 Å². The maximum Gasteiger partial charge on any atom is 0.343 e. The molecule has 0 atom stereocenters. The molecular weight excluding hydrogens is 785 g/mol. The molecule has 0 saturated heterocycles. The quantitative estimate of drug-likeness (QED) is 0.0184. The average molecular weight is 837 g/mol. The number of hydrogen-bond donors (Lipinski definition) is 0. The zero-order valence-corrected chi connectivity index (χ0v) is 34.4. The smallest absolute Gasteiger partial charge is 0.343 e. The van der Waals surface area contributed by atoms with Crippen LogP contribution >= 0.6 is 0 Å². The minimum Gasteiger partial charge on any atom is -0.494 e. The van der Waals surface area contributed by atoms with Gasteiger partial charge < -0.3 is 37.9 Å². The number of carbonyl (C=O) groups is 5. The van der Waals surface area contributed by atoms with E-state index in [4.69, 9.17) is 37.9 Å². The van der Waals surface area contributed by atoms with Crippen molar-refractivity contribution in [3.05, 3.63) is 139 Å². The van der Waals surface area contributed by atoms with Crippen molar-refractivity contribution in [1.29, 1.82) is 0 Å². The molecule has 0 N–H and O–H groups in total. The van der Waals surface area contributed by atoms with Crippen LogP contribution in [0.2, 0.25) is 0 Å². The average Bonchev–Trinajstić information content (AvgIpc) is 3.28. The molecule has 0 aliphatic rings. The molecule has 0 spiro atoms. The SMILES string of the molecule is C=CC(=O)OCCCCCCOc1ccc(C(=O)Oc2ccc(CCOC(=O)c3ccc(OC(=O)c4ccc(OCCCCCCOC(=O)C=C)cc4)c(OC)c3)cc2)cc1. The van der Waals surface area contributed by atoms with E-state index in [0.717, 1.165) is 69.1 Å². The first kappa shape index (κ1) is 46.8. The molecule has 4 rings (SSSR count). The number of esters is 5. The van der Waals surface area contributed by atoms with Crippen LogP contribution in [0.25, 0.3) is 0 Å². The molecular formula is C48H52O13. The second-order valence-electron chi connectivity index (χ2n) is 13.5. The van der Waals surface area contributed by atoms with Gasteiger partial charge in [-0.2, -0.15) is 0 Å². The van der Waals surface area contributed by atoms with Gasteiger partial charge in [-0.3, -0.25) is 0 Å². The summed E-state index contributed by atoms with van der Waals surface area (Å²) in [5.74, 6) is -0.585. The fourth-order valence-corrected chi connectivity index (χ4v) is 5.61. The van der Waals surface area contributed by atoms with Crippen LogP contribution in [0.1, 0.15) is 88.0 Å². The third-order valence-electron chi connectivity index (χ3n) is 8.98. The van der Waals surface area contributed by atoms with E-state index in [2.05, 4.69) is 13.2 Å². The minimum atomic E-state index is -0.611. The molecule has 0 radical (unpaired) electrons. The molecule has 0 amide bonds. The van der Waals surface area contributed by atoms with E-state index >= 15 is 0 Å². The summed E-state index contributed by atoms with van der Waals surface area (Å²) in [6.07, 6.45) is 9.63. The molecule has 0 heterocycles. The highest BCUT2D eigenvalue weighted by molar-refractivity contribution is 5.93. The molecule has 4 aromatic rings. The van der Waals surface area contributed by atoms with E-state index in [1.807, 2.05) is 0 Å². The van der Waals surface area contributed by atoms with Gasteiger partial charge in [-0.05, 0) is 136 Å². The van der Waals surface area contributed by atoms with Gasteiger partial charge >= 0.3 is 29.8 Å². The minimum absolute atomic E-state index is 0.0907. The Hall–Kier alpha value is -6.89. The molecule has 0 saturated carbocycles. The number of rotatable bonds is 27. The highest BCUT2D eigenvalue weighted by Gasteiger charge is 2.17. The van der Waals surface area contributed by atoms with Gasteiger partial charge in [0.1, 0.15) is 17.2 Å². The Labute approximate surface area is 356 Å². The van der Waals surface area contributed by atoms with Crippen molar-refractivity contribution in [3.8, 4) is 28.7 Å².